The molecule has 0 bridgehead atoms. The van der Waals surface area contributed by atoms with E-state index in [1.165, 1.54) is 6.07 Å². The Morgan fingerprint density at radius 3 is 2.90 bits per heavy atom. The summed E-state index contributed by atoms with van der Waals surface area (Å²) < 4.78 is 0. The average molecular weight is 287 g/mol. The number of aromatic amines is 1. The van der Waals surface area contributed by atoms with Crippen LogP contribution in [0.5, 0.6) is 11.5 Å². The molecule has 0 atom stereocenters. The Morgan fingerprint density at radius 2 is 2.14 bits per heavy atom. The molecule has 3 N–H and O–H groups in total. The topological polar surface area (TPSA) is 89.5 Å². The minimum Gasteiger partial charge on any atom is -0.504 e. The predicted molar refractivity (Wildman–Crippen MR) is 77.2 cm³/mol. The Bertz CT molecular complexity index is 739. The highest BCUT2D eigenvalue weighted by molar-refractivity contribution is 5.40. The lowest BCUT2D eigenvalue weighted by Gasteiger charge is -2.27. The second-order valence-corrected chi connectivity index (χ2v) is 5.36. The van der Waals surface area contributed by atoms with Crippen molar-refractivity contribution in [3.8, 4) is 11.5 Å². The molecule has 0 saturated heterocycles. The van der Waals surface area contributed by atoms with E-state index in [4.69, 9.17) is 0 Å². The molecule has 0 spiro atoms. The summed E-state index contributed by atoms with van der Waals surface area (Å²) in [6.45, 7) is 3.75. The van der Waals surface area contributed by atoms with E-state index in [-0.39, 0.29) is 17.1 Å². The number of benzene rings is 1. The second-order valence-electron chi connectivity index (χ2n) is 5.36. The third-order valence-corrected chi connectivity index (χ3v) is 3.71. The maximum atomic E-state index is 12.0. The first kappa shape index (κ1) is 13.6. The molecule has 6 heteroatoms. The van der Waals surface area contributed by atoms with Crippen LogP contribution in [-0.4, -0.2) is 31.6 Å². The number of aromatic hydroxyl groups is 2. The number of fused-ring (bicyclic) bond motifs is 1. The zero-order valence-corrected chi connectivity index (χ0v) is 11.8. The molecule has 6 nitrogen and oxygen atoms in total. The molecule has 0 fully saturated rings. The molecule has 2 heterocycles. The van der Waals surface area contributed by atoms with Gasteiger partial charge in [0.15, 0.2) is 11.5 Å². The number of phenolic OH excluding ortho intramolecular Hbond substituents is 2. The Kier molecular flexibility index (Phi) is 3.39. The van der Waals surface area contributed by atoms with Crippen LogP contribution in [0.4, 0.5) is 0 Å². The number of nitrogens with one attached hydrogen (secondary N) is 1. The third-order valence-electron chi connectivity index (χ3n) is 3.71. The van der Waals surface area contributed by atoms with Gasteiger partial charge >= 0.3 is 0 Å². The van der Waals surface area contributed by atoms with Crippen LogP contribution in [0.25, 0.3) is 0 Å². The molecule has 2 aromatic rings. The Hall–Kier alpha value is -2.34. The summed E-state index contributed by atoms with van der Waals surface area (Å²) in [6.07, 6.45) is 0.740. The molecule has 0 amide bonds. The van der Waals surface area contributed by atoms with E-state index in [0.29, 0.717) is 18.9 Å². The van der Waals surface area contributed by atoms with Gasteiger partial charge in [0.25, 0.3) is 5.56 Å². The van der Waals surface area contributed by atoms with Crippen molar-refractivity contribution in [3.05, 3.63) is 51.2 Å². The van der Waals surface area contributed by atoms with E-state index in [1.807, 2.05) is 0 Å². The van der Waals surface area contributed by atoms with Gasteiger partial charge in [0.1, 0.15) is 5.82 Å². The number of aromatic nitrogens is 2. The quantitative estimate of drug-likeness (QED) is 0.718. The largest absolute Gasteiger partial charge is 0.504 e. The summed E-state index contributed by atoms with van der Waals surface area (Å²) >= 11 is 0. The van der Waals surface area contributed by atoms with Crippen LogP contribution in [0.1, 0.15) is 22.6 Å². The number of aryl methyl sites for hydroxylation is 1. The maximum Gasteiger partial charge on any atom is 0.255 e. The fourth-order valence-electron chi connectivity index (χ4n) is 2.67. The van der Waals surface area contributed by atoms with Gasteiger partial charge in [0, 0.05) is 26.1 Å². The van der Waals surface area contributed by atoms with Crippen molar-refractivity contribution in [1.29, 1.82) is 0 Å². The molecule has 0 aliphatic carbocycles. The van der Waals surface area contributed by atoms with E-state index < -0.39 is 0 Å². The van der Waals surface area contributed by atoms with Crippen molar-refractivity contribution in [1.82, 2.24) is 14.9 Å². The van der Waals surface area contributed by atoms with Gasteiger partial charge in [-0.05, 0) is 24.6 Å². The summed E-state index contributed by atoms with van der Waals surface area (Å²) in [6, 6.07) is 4.78. The number of H-pyrrole nitrogens is 1. The van der Waals surface area contributed by atoms with Crippen molar-refractivity contribution < 1.29 is 10.2 Å². The lowest BCUT2D eigenvalue weighted by molar-refractivity contribution is 0.241. The SMILES string of the molecule is Cc1nc2c(c(=O)[nH]1)CN(Cc1ccc(O)c(O)c1)CC2. The number of hydrogen-bond acceptors (Lipinski definition) is 5. The summed E-state index contributed by atoms with van der Waals surface area (Å²) in [5.41, 5.74) is 2.41. The van der Waals surface area contributed by atoms with Crippen molar-refractivity contribution >= 4 is 0 Å². The molecule has 1 aromatic heterocycles. The van der Waals surface area contributed by atoms with Gasteiger partial charge in [-0.15, -0.1) is 0 Å². The Labute approximate surface area is 121 Å². The number of rotatable bonds is 2. The van der Waals surface area contributed by atoms with Crippen LogP contribution in [0.2, 0.25) is 0 Å². The molecule has 3 rings (SSSR count). The zero-order valence-electron chi connectivity index (χ0n) is 11.8. The van der Waals surface area contributed by atoms with Crippen LogP contribution in [0.15, 0.2) is 23.0 Å². The van der Waals surface area contributed by atoms with E-state index in [9.17, 15) is 15.0 Å². The van der Waals surface area contributed by atoms with Crippen LogP contribution in [0, 0.1) is 6.92 Å². The summed E-state index contributed by atoms with van der Waals surface area (Å²) in [5, 5.41) is 18.9. The van der Waals surface area contributed by atoms with Crippen molar-refractivity contribution in [2.75, 3.05) is 6.54 Å². The van der Waals surface area contributed by atoms with E-state index in [0.717, 1.165) is 29.8 Å². The van der Waals surface area contributed by atoms with Crippen LogP contribution < -0.4 is 5.56 Å². The molecule has 0 saturated carbocycles. The summed E-state index contributed by atoms with van der Waals surface area (Å²) in [7, 11) is 0. The van der Waals surface area contributed by atoms with Crippen molar-refractivity contribution in [2.45, 2.75) is 26.4 Å². The first-order valence-corrected chi connectivity index (χ1v) is 6.85. The van der Waals surface area contributed by atoms with Crippen molar-refractivity contribution in [3.63, 3.8) is 0 Å². The third kappa shape index (κ3) is 2.75. The number of phenols is 2. The molecular formula is C15H17N3O3. The van der Waals surface area contributed by atoms with Gasteiger partial charge in [0.05, 0.1) is 11.3 Å². The van der Waals surface area contributed by atoms with Crippen LogP contribution in [-0.2, 0) is 19.5 Å². The molecule has 0 radical (unpaired) electrons. The highest BCUT2D eigenvalue weighted by Gasteiger charge is 2.20. The van der Waals surface area contributed by atoms with Crippen LogP contribution >= 0.6 is 0 Å². The molecule has 1 aliphatic rings. The highest BCUT2D eigenvalue weighted by Crippen LogP contribution is 2.26. The Balaban J connectivity index is 1.80. The first-order chi connectivity index (χ1) is 10.0. The average Bonchev–Trinajstić information content (AvgIpc) is 2.43. The van der Waals surface area contributed by atoms with E-state index in [1.54, 1.807) is 19.1 Å². The van der Waals surface area contributed by atoms with Gasteiger partial charge in [-0.1, -0.05) is 6.07 Å². The summed E-state index contributed by atoms with van der Waals surface area (Å²) in [4.78, 5) is 21.2. The van der Waals surface area contributed by atoms with E-state index >= 15 is 0 Å². The normalized spacial score (nSPS) is 14.9. The highest BCUT2D eigenvalue weighted by atomic mass is 16.3. The summed E-state index contributed by atoms with van der Waals surface area (Å²) in [5.74, 6) is 0.398. The van der Waals surface area contributed by atoms with Crippen molar-refractivity contribution in [2.24, 2.45) is 0 Å². The van der Waals surface area contributed by atoms with Gasteiger partial charge < -0.3 is 15.2 Å². The maximum absolute atomic E-state index is 12.0. The zero-order chi connectivity index (χ0) is 15.0. The molecule has 1 aromatic carbocycles. The van der Waals surface area contributed by atoms with Gasteiger partial charge in [-0.2, -0.15) is 0 Å². The smallest absolute Gasteiger partial charge is 0.255 e. The lowest BCUT2D eigenvalue weighted by Crippen LogP contribution is -2.35. The monoisotopic (exact) mass is 287 g/mol. The number of nitrogens with zero attached hydrogens (tertiary/aromatic N) is 2. The van der Waals surface area contributed by atoms with E-state index in [2.05, 4.69) is 14.9 Å². The minimum atomic E-state index is -0.126. The molecule has 21 heavy (non-hydrogen) atoms. The minimum absolute atomic E-state index is 0.0734. The fourth-order valence-corrected chi connectivity index (χ4v) is 2.67. The van der Waals surface area contributed by atoms with Crippen LogP contribution in [0.3, 0.4) is 0 Å². The standard InChI is InChI=1S/C15H17N3O3/c1-9-16-12-4-5-18(8-11(12)15(21)17-9)7-10-2-3-13(19)14(20)6-10/h2-3,6,19-20H,4-5,7-8H2,1H3,(H,16,17,21). The van der Waals surface area contributed by atoms with Gasteiger partial charge in [0.2, 0.25) is 0 Å². The Morgan fingerprint density at radius 1 is 1.33 bits per heavy atom. The van der Waals surface area contributed by atoms with Gasteiger partial charge in [-0.25, -0.2) is 4.98 Å². The fraction of sp³-hybridized carbons (Fsp3) is 0.333. The van der Waals surface area contributed by atoms with Gasteiger partial charge in [-0.3, -0.25) is 9.69 Å². The number of hydrogen-bond donors (Lipinski definition) is 3. The predicted octanol–water partition coefficient (Wildman–Crippen LogP) is 1.05. The first-order valence-electron chi connectivity index (χ1n) is 6.85. The molecule has 1 aliphatic heterocycles. The molecule has 110 valence electrons. The second kappa shape index (κ2) is 5.21. The molecular weight excluding hydrogens is 270 g/mol. The molecule has 0 unspecified atom stereocenters. The lowest BCUT2D eigenvalue weighted by atomic mass is 10.1.